The topological polar surface area (TPSA) is 9.23 Å². The van der Waals surface area contributed by atoms with Crippen LogP contribution in [0.3, 0.4) is 0 Å². The molecule has 0 spiro atoms. The second kappa shape index (κ2) is 5.87. The quantitative estimate of drug-likeness (QED) is 0.336. The Morgan fingerprint density at radius 3 is 2.92 bits per heavy atom. The maximum absolute atomic E-state index is 5.43. The van der Waals surface area contributed by atoms with E-state index in [4.69, 9.17) is 15.8 Å². The first-order valence-electron chi connectivity index (χ1n) is 3.91. The molecule has 0 aliphatic rings. The molecule has 13 heavy (non-hydrogen) atoms. The molecule has 0 amide bonds. The summed E-state index contributed by atoms with van der Waals surface area (Å²) in [5, 5.41) is 0. The van der Waals surface area contributed by atoms with Crippen molar-refractivity contribution >= 4 is 31.2 Å². The molecule has 0 aromatic heterocycles. The maximum Gasteiger partial charge on any atom is 0.111 e. The molecule has 1 rings (SSSR count). The van der Waals surface area contributed by atoms with E-state index in [0.29, 0.717) is 5.94 Å². The maximum atomic E-state index is 5.43. The predicted octanol–water partition coefficient (Wildman–Crippen LogP) is 4.12. The van der Waals surface area contributed by atoms with Gasteiger partial charge in [-0.1, -0.05) is 35.1 Å². The summed E-state index contributed by atoms with van der Waals surface area (Å²) in [5.41, 5.74) is 2.57. The minimum absolute atomic E-state index is 0.0549. The van der Waals surface area contributed by atoms with Crippen LogP contribution < -0.4 is 0 Å². The molecule has 0 saturated heterocycles. The smallest absolute Gasteiger partial charge is 0.111 e. The van der Waals surface area contributed by atoms with E-state index < -0.39 is 0 Å². The highest BCUT2D eigenvalue weighted by Crippen LogP contribution is 2.27. The summed E-state index contributed by atoms with van der Waals surface area (Å²) >= 11 is 7.12. The molecule has 1 aromatic rings. The minimum atomic E-state index is 0.0549. The largest absolute Gasteiger partial charge is 0.335 e. The van der Waals surface area contributed by atoms with E-state index in [0.717, 1.165) is 0 Å². The van der Waals surface area contributed by atoms with Crippen molar-refractivity contribution in [2.45, 2.75) is 18.7 Å². The predicted molar refractivity (Wildman–Crippen MR) is 61.9 cm³/mol. The highest BCUT2D eigenvalue weighted by Gasteiger charge is 1.98. The second-order valence-electron chi connectivity index (χ2n) is 2.75. The SMILES string of the molecule is Cc1ccc(C)c(SCOPCl)c1. The van der Waals surface area contributed by atoms with Gasteiger partial charge in [-0.2, -0.15) is 0 Å². The Balaban J connectivity index is 2.59. The van der Waals surface area contributed by atoms with Crippen molar-refractivity contribution in [3.63, 3.8) is 0 Å². The van der Waals surface area contributed by atoms with E-state index in [1.165, 1.54) is 16.0 Å². The monoisotopic (exact) mass is 234 g/mol. The first-order valence-corrected chi connectivity index (χ1v) is 6.82. The molecule has 1 atom stereocenters. The zero-order valence-electron chi connectivity index (χ0n) is 7.63. The lowest BCUT2D eigenvalue weighted by Crippen LogP contribution is -1.83. The summed E-state index contributed by atoms with van der Waals surface area (Å²) < 4.78 is 5.09. The van der Waals surface area contributed by atoms with Gasteiger partial charge in [0.05, 0.1) is 0 Å². The Labute approximate surface area is 89.9 Å². The number of rotatable bonds is 4. The lowest BCUT2D eigenvalue weighted by Gasteiger charge is -2.05. The van der Waals surface area contributed by atoms with Gasteiger partial charge in [0.1, 0.15) is 14.1 Å². The van der Waals surface area contributed by atoms with E-state index in [-0.39, 0.29) is 8.16 Å². The number of hydrogen-bond donors (Lipinski definition) is 0. The van der Waals surface area contributed by atoms with Gasteiger partial charge in [0.2, 0.25) is 0 Å². The van der Waals surface area contributed by atoms with Crippen LogP contribution in [0, 0.1) is 13.8 Å². The number of aryl methyl sites for hydroxylation is 2. The van der Waals surface area contributed by atoms with Crippen LogP contribution in [0.4, 0.5) is 0 Å². The van der Waals surface area contributed by atoms with E-state index in [2.05, 4.69) is 32.0 Å². The number of halogens is 1. The van der Waals surface area contributed by atoms with E-state index >= 15 is 0 Å². The number of benzene rings is 1. The molecule has 0 N–H and O–H groups in total. The summed E-state index contributed by atoms with van der Waals surface area (Å²) in [6.07, 6.45) is 0. The summed E-state index contributed by atoms with van der Waals surface area (Å²) in [5.74, 6) is 0.631. The third-order valence-corrected chi connectivity index (χ3v) is 3.45. The summed E-state index contributed by atoms with van der Waals surface area (Å²) in [7, 11) is 0.0549. The van der Waals surface area contributed by atoms with Crippen LogP contribution in [0.1, 0.15) is 11.1 Å². The van der Waals surface area contributed by atoms with Crippen LogP contribution in [0.2, 0.25) is 0 Å². The molecule has 0 aliphatic carbocycles. The Morgan fingerprint density at radius 1 is 1.46 bits per heavy atom. The van der Waals surface area contributed by atoms with Crippen molar-refractivity contribution in [3.8, 4) is 0 Å². The first kappa shape index (κ1) is 11.3. The molecule has 72 valence electrons. The van der Waals surface area contributed by atoms with Gasteiger partial charge in [0, 0.05) is 4.90 Å². The summed E-state index contributed by atoms with van der Waals surface area (Å²) in [4.78, 5) is 1.27. The second-order valence-corrected chi connectivity index (χ2v) is 4.62. The fraction of sp³-hybridized carbons (Fsp3) is 0.333. The summed E-state index contributed by atoms with van der Waals surface area (Å²) in [6, 6.07) is 6.41. The lowest BCUT2D eigenvalue weighted by molar-refractivity contribution is 0.459. The average molecular weight is 235 g/mol. The van der Waals surface area contributed by atoms with Crippen molar-refractivity contribution in [2.75, 3.05) is 5.94 Å². The lowest BCUT2D eigenvalue weighted by atomic mass is 10.2. The van der Waals surface area contributed by atoms with Crippen molar-refractivity contribution in [2.24, 2.45) is 0 Å². The van der Waals surface area contributed by atoms with Crippen molar-refractivity contribution < 1.29 is 4.52 Å². The molecule has 0 bridgehead atoms. The zero-order valence-corrected chi connectivity index (χ0v) is 10.2. The van der Waals surface area contributed by atoms with Crippen molar-refractivity contribution in [3.05, 3.63) is 29.3 Å². The Hall–Kier alpha value is 0.250. The highest BCUT2D eigenvalue weighted by atomic mass is 35.7. The van der Waals surface area contributed by atoms with Gasteiger partial charge >= 0.3 is 0 Å². The Kier molecular flexibility index (Phi) is 5.12. The third-order valence-electron chi connectivity index (χ3n) is 1.67. The highest BCUT2D eigenvalue weighted by molar-refractivity contribution is 7.99. The van der Waals surface area contributed by atoms with Crippen molar-refractivity contribution in [1.29, 1.82) is 0 Å². The molecule has 0 aliphatic heterocycles. The fourth-order valence-electron chi connectivity index (χ4n) is 0.978. The van der Waals surface area contributed by atoms with Gasteiger partial charge in [0.15, 0.2) is 0 Å². The molecule has 0 saturated carbocycles. The fourth-order valence-corrected chi connectivity index (χ4v) is 2.48. The first-order chi connectivity index (χ1) is 6.24. The average Bonchev–Trinajstić information content (AvgIpc) is 2.11. The normalized spacial score (nSPS) is 11.3. The van der Waals surface area contributed by atoms with E-state index in [1.807, 2.05) is 0 Å². The van der Waals surface area contributed by atoms with Gasteiger partial charge in [-0.15, -0.1) is 0 Å². The Morgan fingerprint density at radius 2 is 2.23 bits per heavy atom. The van der Waals surface area contributed by atoms with E-state index in [9.17, 15) is 0 Å². The number of thioether (sulfide) groups is 1. The molecule has 4 heteroatoms. The van der Waals surface area contributed by atoms with Crippen LogP contribution >= 0.6 is 31.2 Å². The number of hydrogen-bond acceptors (Lipinski definition) is 2. The van der Waals surface area contributed by atoms with Gasteiger partial charge in [-0.05, 0) is 31.0 Å². The summed E-state index contributed by atoms with van der Waals surface area (Å²) in [6.45, 7) is 4.19. The molecule has 1 aromatic carbocycles. The van der Waals surface area contributed by atoms with Crippen LogP contribution in [-0.2, 0) is 4.52 Å². The van der Waals surface area contributed by atoms with E-state index in [1.54, 1.807) is 11.8 Å². The van der Waals surface area contributed by atoms with Crippen molar-refractivity contribution in [1.82, 2.24) is 0 Å². The molecule has 1 unspecified atom stereocenters. The van der Waals surface area contributed by atoms with Crippen LogP contribution in [0.25, 0.3) is 0 Å². The molecular weight excluding hydrogens is 223 g/mol. The Bertz CT molecular complexity index is 280. The molecule has 0 radical (unpaired) electrons. The van der Waals surface area contributed by atoms with Crippen LogP contribution in [0.15, 0.2) is 23.1 Å². The van der Waals surface area contributed by atoms with Crippen LogP contribution in [-0.4, -0.2) is 5.94 Å². The molecule has 0 fully saturated rings. The molecule has 0 heterocycles. The van der Waals surface area contributed by atoms with Gasteiger partial charge in [-0.25, -0.2) is 0 Å². The standard InChI is InChI=1S/C9H12ClOPS/c1-7-3-4-8(2)9(5-7)13-6-11-12-10/h3-5,12H,6H2,1-2H3. The zero-order chi connectivity index (χ0) is 9.68. The van der Waals surface area contributed by atoms with Crippen LogP contribution in [0.5, 0.6) is 0 Å². The minimum Gasteiger partial charge on any atom is -0.335 e. The van der Waals surface area contributed by atoms with Gasteiger partial charge in [0.25, 0.3) is 0 Å². The third kappa shape index (κ3) is 3.86. The molecule has 1 nitrogen and oxygen atoms in total. The molecular formula is C9H12ClOPS. The van der Waals surface area contributed by atoms with Gasteiger partial charge in [-0.3, -0.25) is 0 Å². The van der Waals surface area contributed by atoms with Gasteiger partial charge < -0.3 is 4.52 Å².